The third-order valence-electron chi connectivity index (χ3n) is 6.79. The molecular formula is C30H40O4. The van der Waals surface area contributed by atoms with E-state index < -0.39 is 0 Å². The van der Waals surface area contributed by atoms with Crippen molar-refractivity contribution in [2.45, 2.75) is 90.9 Å². The van der Waals surface area contributed by atoms with Crippen molar-refractivity contribution >= 4 is 11.9 Å². The molecule has 0 saturated heterocycles. The van der Waals surface area contributed by atoms with Crippen LogP contribution < -0.4 is 9.47 Å². The van der Waals surface area contributed by atoms with E-state index in [1.165, 1.54) is 43.2 Å². The average Bonchev–Trinajstić information content (AvgIpc) is 2.86. The Balaban J connectivity index is 1.38. The fraction of sp³-hybridized carbons (Fsp3) is 0.533. The van der Waals surface area contributed by atoms with E-state index in [1.807, 2.05) is 36.4 Å². The molecule has 4 nitrogen and oxygen atoms in total. The van der Waals surface area contributed by atoms with Crippen LogP contribution in [0.25, 0.3) is 0 Å². The number of esters is 2. The first kappa shape index (κ1) is 26.0. The lowest BCUT2D eigenvalue weighted by Gasteiger charge is -2.25. The van der Waals surface area contributed by atoms with E-state index in [9.17, 15) is 9.59 Å². The number of benzene rings is 2. The summed E-state index contributed by atoms with van der Waals surface area (Å²) in [5.41, 5.74) is 2.54. The van der Waals surface area contributed by atoms with E-state index in [-0.39, 0.29) is 23.8 Å². The number of hydrogen-bond donors (Lipinski definition) is 0. The maximum Gasteiger partial charge on any atom is 0.314 e. The monoisotopic (exact) mass is 464 g/mol. The third kappa shape index (κ3) is 8.30. The highest BCUT2D eigenvalue weighted by molar-refractivity contribution is 5.77. The van der Waals surface area contributed by atoms with Crippen molar-refractivity contribution < 1.29 is 19.1 Å². The van der Waals surface area contributed by atoms with Gasteiger partial charge in [-0.2, -0.15) is 0 Å². The van der Waals surface area contributed by atoms with Gasteiger partial charge in [-0.3, -0.25) is 9.59 Å². The molecule has 1 aliphatic carbocycles. The van der Waals surface area contributed by atoms with Crippen LogP contribution in [0.4, 0.5) is 0 Å². The van der Waals surface area contributed by atoms with E-state index in [1.54, 1.807) is 0 Å². The maximum absolute atomic E-state index is 12.6. The minimum absolute atomic E-state index is 0.157. The average molecular weight is 465 g/mol. The zero-order valence-electron chi connectivity index (χ0n) is 20.9. The maximum atomic E-state index is 12.6. The molecule has 1 fully saturated rings. The first-order chi connectivity index (χ1) is 16.6. The Morgan fingerprint density at radius 2 is 1.06 bits per heavy atom. The molecule has 184 valence electrons. The summed E-state index contributed by atoms with van der Waals surface area (Å²) in [5, 5.41) is 0. The van der Waals surface area contributed by atoms with Crippen molar-refractivity contribution in [1.29, 1.82) is 0 Å². The van der Waals surface area contributed by atoms with Crippen LogP contribution in [0, 0.1) is 11.8 Å². The Kier molecular flexibility index (Phi) is 10.7. The summed E-state index contributed by atoms with van der Waals surface area (Å²) in [6.07, 6.45) is 12.2. The second-order valence-corrected chi connectivity index (χ2v) is 9.59. The lowest BCUT2D eigenvalue weighted by Crippen LogP contribution is -2.30. The predicted octanol–water partition coefficient (Wildman–Crippen LogP) is 7.47. The molecule has 0 N–H and O–H groups in total. The number of carbonyl (C=O) groups is 2. The van der Waals surface area contributed by atoms with Crippen molar-refractivity contribution in [2.24, 2.45) is 11.8 Å². The molecule has 0 aliphatic heterocycles. The Bertz CT molecular complexity index is 877. The Hall–Kier alpha value is -2.62. The van der Waals surface area contributed by atoms with Crippen molar-refractivity contribution in [2.75, 3.05) is 0 Å². The standard InChI is InChI=1S/C30H40O4/c1-3-5-6-7-8-10-24-13-21-28(22-14-24)34-30(32)26-17-15-25(16-18-26)29(31)33-27-19-11-23(9-4-2)12-20-27/h11-14,19-22,25-26H,3-10,15-18H2,1-2H3. The normalized spacial score (nSPS) is 17.8. The predicted molar refractivity (Wildman–Crippen MR) is 136 cm³/mol. The molecule has 4 heteroatoms. The molecule has 1 saturated carbocycles. The second-order valence-electron chi connectivity index (χ2n) is 9.59. The van der Waals surface area contributed by atoms with Gasteiger partial charge in [0.25, 0.3) is 0 Å². The molecule has 0 spiro atoms. The number of hydrogen-bond acceptors (Lipinski definition) is 4. The topological polar surface area (TPSA) is 52.6 Å². The molecule has 0 heterocycles. The highest BCUT2D eigenvalue weighted by Gasteiger charge is 2.32. The summed E-state index contributed by atoms with van der Waals surface area (Å²) < 4.78 is 11.2. The second kappa shape index (κ2) is 13.9. The number of aryl methyl sites for hydroxylation is 2. The van der Waals surface area contributed by atoms with Gasteiger partial charge >= 0.3 is 11.9 Å². The highest BCUT2D eigenvalue weighted by Crippen LogP contribution is 2.31. The van der Waals surface area contributed by atoms with Crippen LogP contribution >= 0.6 is 0 Å². The van der Waals surface area contributed by atoms with Crippen LogP contribution in [0.5, 0.6) is 11.5 Å². The summed E-state index contributed by atoms with van der Waals surface area (Å²) in [5.74, 6) is 0.501. The molecule has 0 unspecified atom stereocenters. The molecule has 0 amide bonds. The number of carbonyl (C=O) groups excluding carboxylic acids is 2. The van der Waals surface area contributed by atoms with Gasteiger partial charge in [0.2, 0.25) is 0 Å². The van der Waals surface area contributed by atoms with Crippen molar-refractivity contribution in [1.82, 2.24) is 0 Å². The number of ether oxygens (including phenoxy) is 2. The zero-order valence-corrected chi connectivity index (χ0v) is 20.9. The summed E-state index contributed by atoms with van der Waals surface area (Å²) in [7, 11) is 0. The number of unbranched alkanes of at least 4 members (excludes halogenated alkanes) is 4. The molecule has 2 aromatic carbocycles. The molecular weight excluding hydrogens is 424 g/mol. The van der Waals surface area contributed by atoms with Gasteiger partial charge < -0.3 is 9.47 Å². The van der Waals surface area contributed by atoms with Gasteiger partial charge in [-0.15, -0.1) is 0 Å². The largest absolute Gasteiger partial charge is 0.426 e. The van der Waals surface area contributed by atoms with Crippen LogP contribution in [-0.2, 0) is 22.4 Å². The smallest absolute Gasteiger partial charge is 0.314 e. The molecule has 0 aromatic heterocycles. The minimum atomic E-state index is -0.194. The molecule has 34 heavy (non-hydrogen) atoms. The van der Waals surface area contributed by atoms with Gasteiger partial charge in [-0.05, 0) is 80.3 Å². The van der Waals surface area contributed by atoms with Gasteiger partial charge in [-0.1, -0.05) is 70.2 Å². The summed E-state index contributed by atoms with van der Waals surface area (Å²) in [6.45, 7) is 4.38. The van der Waals surface area contributed by atoms with Gasteiger partial charge in [0.1, 0.15) is 11.5 Å². The van der Waals surface area contributed by atoms with E-state index in [0.717, 1.165) is 19.3 Å². The van der Waals surface area contributed by atoms with Crippen molar-refractivity contribution in [3.63, 3.8) is 0 Å². The molecule has 0 radical (unpaired) electrons. The molecule has 0 atom stereocenters. The van der Waals surface area contributed by atoms with Gasteiger partial charge in [0, 0.05) is 0 Å². The number of rotatable bonds is 12. The van der Waals surface area contributed by atoms with Gasteiger partial charge in [0.05, 0.1) is 11.8 Å². The van der Waals surface area contributed by atoms with E-state index in [4.69, 9.17) is 9.47 Å². The van der Waals surface area contributed by atoms with Crippen molar-refractivity contribution in [3.05, 3.63) is 59.7 Å². The zero-order chi connectivity index (χ0) is 24.2. The lowest BCUT2D eigenvalue weighted by molar-refractivity contribution is -0.145. The van der Waals surface area contributed by atoms with Gasteiger partial charge in [-0.25, -0.2) is 0 Å². The quantitative estimate of drug-likeness (QED) is 0.186. The molecule has 3 rings (SSSR count). The lowest BCUT2D eigenvalue weighted by atomic mass is 9.82. The molecule has 1 aliphatic rings. The Morgan fingerprint density at radius 3 is 1.50 bits per heavy atom. The Labute approximate surface area is 205 Å². The summed E-state index contributed by atoms with van der Waals surface area (Å²) in [4.78, 5) is 25.2. The van der Waals surface area contributed by atoms with Crippen LogP contribution in [0.3, 0.4) is 0 Å². The first-order valence-corrected chi connectivity index (χ1v) is 13.2. The van der Waals surface area contributed by atoms with Crippen LogP contribution in [-0.4, -0.2) is 11.9 Å². The minimum Gasteiger partial charge on any atom is -0.426 e. The van der Waals surface area contributed by atoms with E-state index in [0.29, 0.717) is 37.2 Å². The van der Waals surface area contributed by atoms with Crippen molar-refractivity contribution in [3.8, 4) is 11.5 Å². The first-order valence-electron chi connectivity index (χ1n) is 13.2. The molecule has 0 bridgehead atoms. The van der Waals surface area contributed by atoms with Crippen LogP contribution in [0.1, 0.15) is 89.2 Å². The summed E-state index contributed by atoms with van der Waals surface area (Å²) in [6, 6.07) is 15.7. The fourth-order valence-electron chi connectivity index (χ4n) is 4.63. The van der Waals surface area contributed by atoms with Crippen LogP contribution in [0.2, 0.25) is 0 Å². The highest BCUT2D eigenvalue weighted by atomic mass is 16.5. The van der Waals surface area contributed by atoms with Gasteiger partial charge in [0.15, 0.2) is 0 Å². The molecule has 2 aromatic rings. The summed E-state index contributed by atoms with van der Waals surface area (Å²) >= 11 is 0. The van der Waals surface area contributed by atoms with Crippen LogP contribution in [0.15, 0.2) is 48.5 Å². The fourth-order valence-corrected chi connectivity index (χ4v) is 4.63. The van der Waals surface area contributed by atoms with E-state index in [2.05, 4.69) is 26.0 Å². The SMILES string of the molecule is CCCCCCCc1ccc(OC(=O)C2CCC(C(=O)Oc3ccc(CCC)cc3)CC2)cc1. The third-order valence-corrected chi connectivity index (χ3v) is 6.79. The van der Waals surface area contributed by atoms with E-state index >= 15 is 0 Å². The Morgan fingerprint density at radius 1 is 0.618 bits per heavy atom.